The molecule has 0 aromatic rings. The topological polar surface area (TPSA) is 20.2 Å². The quantitative estimate of drug-likeness (QED) is 0.477. The smallest absolute Gasteiger partial charge is 0.0663 e. The van der Waals surface area contributed by atoms with E-state index in [0.29, 0.717) is 5.41 Å². The first-order valence-corrected chi connectivity index (χ1v) is 2.84. The molecule has 40 valence electrons. The van der Waals surface area contributed by atoms with Crippen LogP contribution in [0.2, 0.25) is 0 Å². The molecule has 0 aromatic carbocycles. The number of hydrogen-bond acceptors (Lipinski definition) is 1. The minimum atomic E-state index is -0.172. The zero-order valence-electron chi connectivity index (χ0n) is 4.57. The molecule has 1 N–H and O–H groups in total. The maximum atomic E-state index is 9.14. The van der Waals surface area contributed by atoms with Crippen LogP contribution in [-0.2, 0) is 0 Å². The lowest BCUT2D eigenvalue weighted by atomic mass is 9.42. The number of hydrogen-bond donors (Lipinski definition) is 1. The van der Waals surface area contributed by atoms with Gasteiger partial charge in [0.1, 0.15) is 0 Å². The Hall–Kier alpha value is -0.0400. The van der Waals surface area contributed by atoms with E-state index in [1.807, 2.05) is 0 Å². The van der Waals surface area contributed by atoms with Crippen LogP contribution in [0, 0.1) is 5.41 Å². The third-order valence-corrected chi connectivity index (χ3v) is 2.27. The van der Waals surface area contributed by atoms with Gasteiger partial charge in [-0.1, -0.05) is 6.92 Å². The van der Waals surface area contributed by atoms with Crippen LogP contribution in [0.3, 0.4) is 0 Å². The van der Waals surface area contributed by atoms with Crippen molar-refractivity contribution in [1.29, 1.82) is 0 Å². The molecule has 1 heteroatoms. The van der Waals surface area contributed by atoms with Gasteiger partial charge in [0.25, 0.3) is 0 Å². The summed E-state index contributed by atoms with van der Waals surface area (Å²) in [5, 5.41) is 9.14. The summed E-state index contributed by atoms with van der Waals surface area (Å²) in [6, 6.07) is 0. The van der Waals surface area contributed by atoms with Crippen molar-refractivity contribution in [3.8, 4) is 0 Å². The van der Waals surface area contributed by atoms with Crippen LogP contribution < -0.4 is 0 Å². The second-order valence-electron chi connectivity index (χ2n) is 3.57. The fraction of sp³-hybridized carbons (Fsp3) is 1.00. The third-order valence-electron chi connectivity index (χ3n) is 2.27. The van der Waals surface area contributed by atoms with E-state index in [1.165, 1.54) is 0 Å². The molecular weight excluding hydrogens is 88.1 g/mol. The van der Waals surface area contributed by atoms with Crippen LogP contribution in [0.15, 0.2) is 0 Å². The molecule has 3 aliphatic rings. The van der Waals surface area contributed by atoms with E-state index in [4.69, 9.17) is 5.11 Å². The molecule has 0 aromatic heterocycles. The molecule has 2 bridgehead atoms. The lowest BCUT2D eigenvalue weighted by Crippen LogP contribution is -2.65. The number of rotatable bonds is 0. The molecule has 0 saturated heterocycles. The third kappa shape index (κ3) is 0.290. The van der Waals surface area contributed by atoms with Crippen molar-refractivity contribution in [2.45, 2.75) is 31.8 Å². The molecule has 0 heterocycles. The Labute approximate surface area is 43.3 Å². The van der Waals surface area contributed by atoms with Gasteiger partial charge in [-0.3, -0.25) is 0 Å². The largest absolute Gasteiger partial charge is 0.390 e. The summed E-state index contributed by atoms with van der Waals surface area (Å²) in [7, 11) is 0. The van der Waals surface area contributed by atoms with Crippen LogP contribution in [0.1, 0.15) is 26.2 Å². The van der Waals surface area contributed by atoms with Gasteiger partial charge in [-0.25, -0.2) is 0 Å². The molecule has 0 atom stereocenters. The summed E-state index contributed by atoms with van der Waals surface area (Å²) < 4.78 is 0. The summed E-state index contributed by atoms with van der Waals surface area (Å²) >= 11 is 0. The van der Waals surface area contributed by atoms with Gasteiger partial charge in [-0.2, -0.15) is 0 Å². The fourth-order valence-corrected chi connectivity index (χ4v) is 2.23. The average molecular weight is 98.1 g/mol. The highest BCUT2D eigenvalue weighted by atomic mass is 16.3. The Morgan fingerprint density at radius 2 is 1.71 bits per heavy atom. The Morgan fingerprint density at radius 1 is 1.29 bits per heavy atom. The highest BCUT2D eigenvalue weighted by molar-refractivity contribution is 5.16. The Bertz CT molecular complexity index is 85.6. The summed E-state index contributed by atoms with van der Waals surface area (Å²) in [6.07, 6.45) is 3.21. The van der Waals surface area contributed by atoms with Gasteiger partial charge < -0.3 is 5.11 Å². The molecule has 3 rings (SSSR count). The molecule has 3 saturated carbocycles. The molecule has 7 heavy (non-hydrogen) atoms. The van der Waals surface area contributed by atoms with Crippen LogP contribution in [0.5, 0.6) is 0 Å². The zero-order valence-corrected chi connectivity index (χ0v) is 4.57. The van der Waals surface area contributed by atoms with Gasteiger partial charge in [-0.15, -0.1) is 0 Å². The van der Waals surface area contributed by atoms with Crippen molar-refractivity contribution in [3.63, 3.8) is 0 Å². The van der Waals surface area contributed by atoms with Crippen molar-refractivity contribution in [3.05, 3.63) is 0 Å². The van der Waals surface area contributed by atoms with Crippen LogP contribution in [0.25, 0.3) is 0 Å². The molecule has 3 fully saturated rings. The zero-order chi connectivity index (χ0) is 5.12. The fourth-order valence-electron chi connectivity index (χ4n) is 2.23. The molecular formula is C6H10O. The molecule has 3 aliphatic carbocycles. The predicted octanol–water partition coefficient (Wildman–Crippen LogP) is 0.921. The highest BCUT2D eigenvalue weighted by Crippen LogP contribution is 2.66. The first-order chi connectivity index (χ1) is 3.12. The average Bonchev–Trinajstić information content (AvgIpc) is 1.27. The van der Waals surface area contributed by atoms with E-state index < -0.39 is 0 Å². The van der Waals surface area contributed by atoms with Crippen LogP contribution >= 0.6 is 0 Å². The lowest BCUT2D eigenvalue weighted by molar-refractivity contribution is -0.249. The normalized spacial score (nSPS) is 66.0. The van der Waals surface area contributed by atoms with Crippen molar-refractivity contribution < 1.29 is 5.11 Å². The Kier molecular flexibility index (Phi) is 0.365. The van der Waals surface area contributed by atoms with E-state index in [0.717, 1.165) is 19.3 Å². The lowest BCUT2D eigenvalue weighted by Gasteiger charge is -2.66. The highest BCUT2D eigenvalue weighted by Gasteiger charge is 2.64. The van der Waals surface area contributed by atoms with Crippen molar-refractivity contribution in [2.24, 2.45) is 5.41 Å². The van der Waals surface area contributed by atoms with Gasteiger partial charge in [0.2, 0.25) is 0 Å². The first-order valence-electron chi connectivity index (χ1n) is 2.84. The van der Waals surface area contributed by atoms with Gasteiger partial charge in [0.15, 0.2) is 0 Å². The molecule has 0 amide bonds. The minimum Gasteiger partial charge on any atom is -0.390 e. The summed E-state index contributed by atoms with van der Waals surface area (Å²) in [5.41, 5.74) is 0.406. The monoisotopic (exact) mass is 98.1 g/mol. The van der Waals surface area contributed by atoms with Gasteiger partial charge >= 0.3 is 0 Å². The second kappa shape index (κ2) is 0.655. The SMILES string of the molecule is CC12CC(O)(C1)C2. The predicted molar refractivity (Wildman–Crippen MR) is 26.9 cm³/mol. The van der Waals surface area contributed by atoms with Crippen molar-refractivity contribution >= 4 is 0 Å². The summed E-state index contributed by atoms with van der Waals surface area (Å²) in [4.78, 5) is 0. The maximum Gasteiger partial charge on any atom is 0.0663 e. The molecule has 1 nitrogen and oxygen atoms in total. The van der Waals surface area contributed by atoms with E-state index in [1.54, 1.807) is 0 Å². The van der Waals surface area contributed by atoms with E-state index in [-0.39, 0.29) is 5.60 Å². The van der Waals surface area contributed by atoms with E-state index >= 15 is 0 Å². The van der Waals surface area contributed by atoms with Crippen molar-refractivity contribution in [2.75, 3.05) is 0 Å². The summed E-state index contributed by atoms with van der Waals surface area (Å²) in [5.74, 6) is 0. The minimum absolute atomic E-state index is 0.172. The molecule has 0 unspecified atom stereocenters. The van der Waals surface area contributed by atoms with Gasteiger partial charge in [0, 0.05) is 0 Å². The van der Waals surface area contributed by atoms with Crippen LogP contribution in [-0.4, -0.2) is 10.7 Å². The van der Waals surface area contributed by atoms with E-state index in [9.17, 15) is 0 Å². The van der Waals surface area contributed by atoms with Crippen molar-refractivity contribution in [1.82, 2.24) is 0 Å². The van der Waals surface area contributed by atoms with Gasteiger partial charge in [0.05, 0.1) is 5.60 Å². The van der Waals surface area contributed by atoms with E-state index in [2.05, 4.69) is 6.92 Å². The molecule has 0 spiro atoms. The number of aliphatic hydroxyl groups is 1. The Morgan fingerprint density at radius 3 is 1.71 bits per heavy atom. The Balaban J connectivity index is 2.16. The maximum absolute atomic E-state index is 9.14. The van der Waals surface area contributed by atoms with Crippen LogP contribution in [0.4, 0.5) is 0 Å². The first kappa shape index (κ1) is 3.90. The van der Waals surface area contributed by atoms with Gasteiger partial charge in [-0.05, 0) is 24.7 Å². The second-order valence-corrected chi connectivity index (χ2v) is 3.57. The molecule has 0 radical (unpaired) electrons. The standard InChI is InChI=1S/C6H10O/c1-5-2-6(7,3-5)4-5/h7H,2-4H2,1H3. The molecule has 0 aliphatic heterocycles. The summed E-state index contributed by atoms with van der Waals surface area (Å²) in [6.45, 7) is 2.24.